The Bertz CT molecular complexity index is 324. The standard InChI is InChI=1S/C13H18O/c1-13(2,9-14)12-5-3-4-11(8-12)10-6-7-10/h3-5,8,10,14H,6-7,9H2,1-2H3. The van der Waals surface area contributed by atoms with Crippen LogP contribution in [0, 0.1) is 0 Å². The second-order valence-corrected chi connectivity index (χ2v) is 4.94. The zero-order valence-corrected chi connectivity index (χ0v) is 8.96. The van der Waals surface area contributed by atoms with Crippen LogP contribution in [-0.2, 0) is 5.41 Å². The van der Waals surface area contributed by atoms with E-state index >= 15 is 0 Å². The van der Waals surface area contributed by atoms with Gasteiger partial charge in [0.05, 0.1) is 6.61 Å². The van der Waals surface area contributed by atoms with Crippen LogP contribution >= 0.6 is 0 Å². The molecule has 0 aliphatic heterocycles. The average Bonchev–Trinajstić information content (AvgIpc) is 3.01. The van der Waals surface area contributed by atoms with Crippen molar-refractivity contribution >= 4 is 0 Å². The molecule has 1 aromatic rings. The number of rotatable bonds is 3. The summed E-state index contributed by atoms with van der Waals surface area (Å²) in [5.74, 6) is 0.796. The molecule has 14 heavy (non-hydrogen) atoms. The van der Waals surface area contributed by atoms with Gasteiger partial charge in [-0.25, -0.2) is 0 Å². The van der Waals surface area contributed by atoms with Crippen LogP contribution in [0.4, 0.5) is 0 Å². The maximum absolute atomic E-state index is 9.29. The Balaban J connectivity index is 2.29. The average molecular weight is 190 g/mol. The summed E-state index contributed by atoms with van der Waals surface area (Å²) in [7, 11) is 0. The molecule has 1 aliphatic carbocycles. The summed E-state index contributed by atoms with van der Waals surface area (Å²) in [5, 5.41) is 9.29. The molecule has 0 radical (unpaired) electrons. The third-order valence-electron chi connectivity index (χ3n) is 3.11. The predicted octanol–water partition coefficient (Wildman–Crippen LogP) is 2.83. The molecule has 1 fully saturated rings. The van der Waals surface area contributed by atoms with Crippen LogP contribution in [0.2, 0.25) is 0 Å². The van der Waals surface area contributed by atoms with E-state index in [-0.39, 0.29) is 12.0 Å². The molecular formula is C13H18O. The van der Waals surface area contributed by atoms with E-state index in [4.69, 9.17) is 0 Å². The van der Waals surface area contributed by atoms with Gasteiger partial charge in [-0.05, 0) is 29.9 Å². The van der Waals surface area contributed by atoms with Crippen LogP contribution in [0.5, 0.6) is 0 Å². The van der Waals surface area contributed by atoms with Crippen LogP contribution in [-0.4, -0.2) is 11.7 Å². The van der Waals surface area contributed by atoms with Gasteiger partial charge in [0.25, 0.3) is 0 Å². The Morgan fingerprint density at radius 1 is 1.36 bits per heavy atom. The maximum atomic E-state index is 9.29. The van der Waals surface area contributed by atoms with Gasteiger partial charge < -0.3 is 5.11 Å². The van der Waals surface area contributed by atoms with Crippen molar-refractivity contribution in [3.63, 3.8) is 0 Å². The van der Waals surface area contributed by atoms with Gasteiger partial charge >= 0.3 is 0 Å². The van der Waals surface area contributed by atoms with Crippen molar-refractivity contribution in [1.82, 2.24) is 0 Å². The first-order valence-electron chi connectivity index (χ1n) is 5.35. The molecule has 0 spiro atoms. The molecule has 2 rings (SSSR count). The molecular weight excluding hydrogens is 172 g/mol. The van der Waals surface area contributed by atoms with Gasteiger partial charge in [-0.1, -0.05) is 38.1 Å². The number of benzene rings is 1. The molecule has 1 aromatic carbocycles. The fraction of sp³-hybridized carbons (Fsp3) is 0.538. The minimum atomic E-state index is -0.106. The fourth-order valence-corrected chi connectivity index (χ4v) is 1.72. The van der Waals surface area contributed by atoms with Crippen LogP contribution in [0.25, 0.3) is 0 Å². The Morgan fingerprint density at radius 3 is 2.64 bits per heavy atom. The summed E-state index contributed by atoms with van der Waals surface area (Å²) in [6.07, 6.45) is 2.67. The minimum absolute atomic E-state index is 0.106. The summed E-state index contributed by atoms with van der Waals surface area (Å²) in [4.78, 5) is 0. The largest absolute Gasteiger partial charge is 0.395 e. The van der Waals surface area contributed by atoms with Crippen molar-refractivity contribution in [2.45, 2.75) is 38.0 Å². The number of aliphatic hydroxyl groups is 1. The Hall–Kier alpha value is -0.820. The minimum Gasteiger partial charge on any atom is -0.395 e. The monoisotopic (exact) mass is 190 g/mol. The zero-order chi connectivity index (χ0) is 10.2. The van der Waals surface area contributed by atoms with Gasteiger partial charge in [0.2, 0.25) is 0 Å². The highest BCUT2D eigenvalue weighted by molar-refractivity contribution is 5.33. The normalized spacial score (nSPS) is 17.1. The second kappa shape index (κ2) is 3.39. The number of hydrogen-bond donors (Lipinski definition) is 1. The van der Waals surface area contributed by atoms with E-state index in [0.717, 1.165) is 5.92 Å². The van der Waals surface area contributed by atoms with Crippen molar-refractivity contribution in [3.8, 4) is 0 Å². The molecule has 0 heterocycles. The van der Waals surface area contributed by atoms with Crippen LogP contribution in [0.1, 0.15) is 43.7 Å². The Labute approximate surface area is 85.8 Å². The molecule has 0 unspecified atom stereocenters. The molecule has 1 aliphatic rings. The van der Waals surface area contributed by atoms with E-state index in [2.05, 4.69) is 38.1 Å². The first kappa shape index (κ1) is 9.72. The molecule has 1 N–H and O–H groups in total. The molecule has 76 valence electrons. The topological polar surface area (TPSA) is 20.2 Å². The quantitative estimate of drug-likeness (QED) is 0.777. The van der Waals surface area contributed by atoms with E-state index < -0.39 is 0 Å². The van der Waals surface area contributed by atoms with Crippen molar-refractivity contribution in [2.24, 2.45) is 0 Å². The fourth-order valence-electron chi connectivity index (χ4n) is 1.72. The predicted molar refractivity (Wildman–Crippen MR) is 58.5 cm³/mol. The van der Waals surface area contributed by atoms with Gasteiger partial charge in [-0.3, -0.25) is 0 Å². The lowest BCUT2D eigenvalue weighted by Gasteiger charge is -2.22. The lowest BCUT2D eigenvalue weighted by Crippen LogP contribution is -2.22. The third kappa shape index (κ3) is 1.83. The van der Waals surface area contributed by atoms with Crippen LogP contribution < -0.4 is 0 Å². The Morgan fingerprint density at radius 2 is 2.07 bits per heavy atom. The molecule has 0 amide bonds. The molecule has 1 heteroatoms. The highest BCUT2D eigenvalue weighted by Crippen LogP contribution is 2.41. The molecule has 0 atom stereocenters. The first-order valence-corrected chi connectivity index (χ1v) is 5.35. The molecule has 0 saturated heterocycles. The summed E-state index contributed by atoms with van der Waals surface area (Å²) in [6, 6.07) is 8.69. The number of aliphatic hydroxyl groups excluding tert-OH is 1. The van der Waals surface area contributed by atoms with Crippen LogP contribution in [0.3, 0.4) is 0 Å². The van der Waals surface area contributed by atoms with E-state index in [9.17, 15) is 5.11 Å². The van der Waals surface area contributed by atoms with Crippen molar-refractivity contribution in [1.29, 1.82) is 0 Å². The second-order valence-electron chi connectivity index (χ2n) is 4.94. The maximum Gasteiger partial charge on any atom is 0.0522 e. The number of hydrogen-bond acceptors (Lipinski definition) is 1. The van der Waals surface area contributed by atoms with Crippen molar-refractivity contribution < 1.29 is 5.11 Å². The van der Waals surface area contributed by atoms with Gasteiger partial charge in [0, 0.05) is 5.41 Å². The zero-order valence-electron chi connectivity index (χ0n) is 8.96. The van der Waals surface area contributed by atoms with E-state index in [1.807, 2.05) is 0 Å². The first-order chi connectivity index (χ1) is 6.63. The summed E-state index contributed by atoms with van der Waals surface area (Å²) < 4.78 is 0. The highest BCUT2D eigenvalue weighted by Gasteiger charge is 2.25. The summed E-state index contributed by atoms with van der Waals surface area (Å²) in [5.41, 5.74) is 2.60. The summed E-state index contributed by atoms with van der Waals surface area (Å²) in [6.45, 7) is 4.37. The van der Waals surface area contributed by atoms with Gasteiger partial charge in [-0.2, -0.15) is 0 Å². The van der Waals surface area contributed by atoms with E-state index in [1.165, 1.54) is 24.0 Å². The van der Waals surface area contributed by atoms with Gasteiger partial charge in [0.1, 0.15) is 0 Å². The van der Waals surface area contributed by atoms with E-state index in [0.29, 0.717) is 0 Å². The highest BCUT2D eigenvalue weighted by atomic mass is 16.3. The van der Waals surface area contributed by atoms with Crippen molar-refractivity contribution in [3.05, 3.63) is 35.4 Å². The SMILES string of the molecule is CC(C)(CO)c1cccc(C2CC2)c1. The summed E-state index contributed by atoms with van der Waals surface area (Å²) >= 11 is 0. The molecule has 0 bridgehead atoms. The van der Waals surface area contributed by atoms with Gasteiger partial charge in [0.15, 0.2) is 0 Å². The third-order valence-corrected chi connectivity index (χ3v) is 3.11. The molecule has 0 aromatic heterocycles. The Kier molecular flexibility index (Phi) is 2.36. The van der Waals surface area contributed by atoms with Crippen molar-refractivity contribution in [2.75, 3.05) is 6.61 Å². The van der Waals surface area contributed by atoms with E-state index in [1.54, 1.807) is 0 Å². The smallest absolute Gasteiger partial charge is 0.0522 e. The molecule has 1 saturated carbocycles. The molecule has 1 nitrogen and oxygen atoms in total. The lowest BCUT2D eigenvalue weighted by atomic mass is 9.84. The van der Waals surface area contributed by atoms with Crippen LogP contribution in [0.15, 0.2) is 24.3 Å². The van der Waals surface area contributed by atoms with Gasteiger partial charge in [-0.15, -0.1) is 0 Å². The lowest BCUT2D eigenvalue weighted by molar-refractivity contribution is 0.218.